The molecule has 1 aliphatic rings. The molecule has 0 aliphatic heterocycles. The van der Waals surface area contributed by atoms with Crippen LogP contribution in [0.5, 0.6) is 5.75 Å². The van der Waals surface area contributed by atoms with Gasteiger partial charge < -0.3 is 15.4 Å². The number of amides is 1. The van der Waals surface area contributed by atoms with Crippen molar-refractivity contribution >= 4 is 5.91 Å². The van der Waals surface area contributed by atoms with Crippen molar-refractivity contribution in [3.05, 3.63) is 41.0 Å². The van der Waals surface area contributed by atoms with Gasteiger partial charge in [-0.2, -0.15) is 0 Å². The Balaban J connectivity index is 1.76. The summed E-state index contributed by atoms with van der Waals surface area (Å²) in [5.41, 5.74) is 4.55. The van der Waals surface area contributed by atoms with E-state index in [9.17, 15) is 4.79 Å². The summed E-state index contributed by atoms with van der Waals surface area (Å²) >= 11 is 0. The van der Waals surface area contributed by atoms with Gasteiger partial charge in [-0.3, -0.25) is 4.79 Å². The van der Waals surface area contributed by atoms with E-state index in [-0.39, 0.29) is 11.9 Å². The lowest BCUT2D eigenvalue weighted by atomic mass is 9.86. The lowest BCUT2D eigenvalue weighted by Gasteiger charge is -2.19. The molecule has 1 aliphatic carbocycles. The van der Waals surface area contributed by atoms with Crippen molar-refractivity contribution in [3.63, 3.8) is 0 Å². The topological polar surface area (TPSA) is 50.4 Å². The molecule has 0 fully saturated rings. The average Bonchev–Trinajstić information content (AvgIpc) is 2.90. The second-order valence-electron chi connectivity index (χ2n) is 7.84. The van der Waals surface area contributed by atoms with Crippen molar-refractivity contribution in [2.24, 2.45) is 5.41 Å². The van der Waals surface area contributed by atoms with Crippen LogP contribution in [0.2, 0.25) is 0 Å². The first kappa shape index (κ1) is 20.5. The van der Waals surface area contributed by atoms with Crippen LogP contribution in [-0.4, -0.2) is 26.1 Å². The molecule has 4 nitrogen and oxygen atoms in total. The molecule has 1 aromatic rings. The molecule has 4 heteroatoms. The van der Waals surface area contributed by atoms with Crippen molar-refractivity contribution in [1.29, 1.82) is 0 Å². The third-order valence-electron chi connectivity index (χ3n) is 5.75. The van der Waals surface area contributed by atoms with E-state index >= 15 is 0 Å². The number of carbonyl (C=O) groups excluding carboxylic acids is 1. The Morgan fingerprint density at radius 1 is 1.27 bits per heavy atom. The van der Waals surface area contributed by atoms with E-state index in [1.165, 1.54) is 18.4 Å². The zero-order valence-corrected chi connectivity index (χ0v) is 16.9. The molecule has 0 saturated heterocycles. The average molecular weight is 359 g/mol. The van der Waals surface area contributed by atoms with Crippen molar-refractivity contribution in [1.82, 2.24) is 10.6 Å². The molecule has 0 radical (unpaired) electrons. The van der Waals surface area contributed by atoms with Gasteiger partial charge in [-0.25, -0.2) is 0 Å². The summed E-state index contributed by atoms with van der Waals surface area (Å²) < 4.78 is 5.19. The molecular weight excluding hydrogens is 324 g/mol. The highest BCUT2D eigenvalue weighted by Crippen LogP contribution is 2.42. The maximum absolute atomic E-state index is 12.3. The molecule has 1 aromatic carbocycles. The number of nitrogens with one attached hydrogen (secondary N) is 2. The molecule has 144 valence electrons. The van der Waals surface area contributed by atoms with Gasteiger partial charge in [0.15, 0.2) is 0 Å². The van der Waals surface area contributed by atoms with E-state index in [2.05, 4.69) is 38.3 Å². The molecule has 0 bridgehead atoms. The fraction of sp³-hybridized carbons (Fsp3) is 0.591. The summed E-state index contributed by atoms with van der Waals surface area (Å²) in [5, 5.41) is 6.41. The number of allylic oxidation sites excluding steroid dienone is 1. The van der Waals surface area contributed by atoms with Crippen LogP contribution in [0.3, 0.4) is 0 Å². The molecule has 1 atom stereocenters. The van der Waals surface area contributed by atoms with Crippen molar-refractivity contribution in [2.75, 3.05) is 20.2 Å². The van der Waals surface area contributed by atoms with Crippen molar-refractivity contribution in [3.8, 4) is 5.75 Å². The standard InChI is InChI=1S/C22H34N2O2/c1-6-20(18-7-9-19(26-5)10-8-18)24-21(25)15-23-14-12-17-11-13-22(3,4)16(17)2/h7-10,20,23H,6,11-15H2,1-5H3,(H,24,25). The first-order valence-corrected chi connectivity index (χ1v) is 9.70. The van der Waals surface area contributed by atoms with Crippen molar-refractivity contribution < 1.29 is 9.53 Å². The number of hydrogen-bond donors (Lipinski definition) is 2. The minimum atomic E-state index is 0.0378. The van der Waals surface area contributed by atoms with Gasteiger partial charge in [0.25, 0.3) is 0 Å². The zero-order valence-electron chi connectivity index (χ0n) is 16.9. The molecular formula is C22H34N2O2. The van der Waals surface area contributed by atoms with E-state index in [1.54, 1.807) is 12.7 Å². The number of rotatable bonds is 9. The molecule has 0 aromatic heterocycles. The molecule has 2 rings (SSSR count). The van der Waals surface area contributed by atoms with Crippen LogP contribution < -0.4 is 15.4 Å². The molecule has 1 amide bonds. The second-order valence-corrected chi connectivity index (χ2v) is 7.84. The van der Waals surface area contributed by atoms with Crippen LogP contribution in [0.25, 0.3) is 0 Å². The highest BCUT2D eigenvalue weighted by Gasteiger charge is 2.28. The number of ether oxygens (including phenoxy) is 1. The predicted molar refractivity (Wildman–Crippen MR) is 107 cm³/mol. The van der Waals surface area contributed by atoms with Gasteiger partial charge in [0, 0.05) is 0 Å². The number of methoxy groups -OCH3 is 1. The lowest BCUT2D eigenvalue weighted by molar-refractivity contribution is -0.121. The van der Waals surface area contributed by atoms with Gasteiger partial charge in [-0.05, 0) is 62.3 Å². The number of hydrogen-bond acceptors (Lipinski definition) is 3. The minimum absolute atomic E-state index is 0.0378. The van der Waals surface area contributed by atoms with E-state index in [0.29, 0.717) is 12.0 Å². The summed E-state index contributed by atoms with van der Waals surface area (Å²) in [7, 11) is 1.66. The van der Waals surface area contributed by atoms with Gasteiger partial charge in [0.05, 0.1) is 19.7 Å². The van der Waals surface area contributed by atoms with E-state index in [1.807, 2.05) is 24.3 Å². The van der Waals surface area contributed by atoms with E-state index in [4.69, 9.17) is 4.74 Å². The Kier molecular flexibility index (Phi) is 7.27. The van der Waals surface area contributed by atoms with Crippen LogP contribution in [0.15, 0.2) is 35.4 Å². The molecule has 26 heavy (non-hydrogen) atoms. The Morgan fingerprint density at radius 2 is 1.96 bits per heavy atom. The van der Waals surface area contributed by atoms with Gasteiger partial charge in [0.2, 0.25) is 5.91 Å². The Hall–Kier alpha value is -1.81. The Labute approximate surface area is 158 Å². The summed E-state index contributed by atoms with van der Waals surface area (Å²) in [6.45, 7) is 10.2. The molecule has 0 saturated carbocycles. The van der Waals surface area contributed by atoms with Gasteiger partial charge in [-0.1, -0.05) is 44.1 Å². The normalized spacial score (nSPS) is 17.3. The fourth-order valence-corrected chi connectivity index (χ4v) is 3.57. The highest BCUT2D eigenvalue weighted by atomic mass is 16.5. The Bertz CT molecular complexity index is 632. The quantitative estimate of drug-likeness (QED) is 0.509. The zero-order chi connectivity index (χ0) is 19.2. The minimum Gasteiger partial charge on any atom is -0.497 e. The van der Waals surface area contributed by atoms with Gasteiger partial charge in [-0.15, -0.1) is 0 Å². The maximum atomic E-state index is 12.3. The summed E-state index contributed by atoms with van der Waals surface area (Å²) in [6.07, 6.45) is 4.34. The van der Waals surface area contributed by atoms with Crippen LogP contribution >= 0.6 is 0 Å². The van der Waals surface area contributed by atoms with Crippen LogP contribution in [0.1, 0.15) is 65.0 Å². The second kappa shape index (κ2) is 9.22. The number of benzene rings is 1. The van der Waals surface area contributed by atoms with Crippen LogP contribution in [0, 0.1) is 5.41 Å². The first-order chi connectivity index (χ1) is 12.4. The molecule has 0 heterocycles. The SMILES string of the molecule is CCC(NC(=O)CNCCC1=C(C)C(C)(C)CC1)c1ccc(OC)cc1. The molecule has 0 spiro atoms. The first-order valence-electron chi connectivity index (χ1n) is 9.70. The van der Waals surface area contributed by atoms with E-state index in [0.717, 1.165) is 30.7 Å². The molecule has 1 unspecified atom stereocenters. The smallest absolute Gasteiger partial charge is 0.234 e. The largest absolute Gasteiger partial charge is 0.497 e. The fourth-order valence-electron chi connectivity index (χ4n) is 3.57. The summed E-state index contributed by atoms with van der Waals surface area (Å²) in [4.78, 5) is 12.3. The van der Waals surface area contributed by atoms with Gasteiger partial charge in [0.1, 0.15) is 5.75 Å². The van der Waals surface area contributed by atoms with E-state index < -0.39 is 0 Å². The third kappa shape index (κ3) is 5.34. The maximum Gasteiger partial charge on any atom is 0.234 e. The van der Waals surface area contributed by atoms with Gasteiger partial charge >= 0.3 is 0 Å². The predicted octanol–water partition coefficient (Wildman–Crippen LogP) is 4.38. The third-order valence-corrected chi connectivity index (χ3v) is 5.75. The van der Waals surface area contributed by atoms with Crippen LogP contribution in [0.4, 0.5) is 0 Å². The molecule has 2 N–H and O–H groups in total. The summed E-state index contributed by atoms with van der Waals surface area (Å²) in [6, 6.07) is 7.93. The summed E-state index contributed by atoms with van der Waals surface area (Å²) in [5.74, 6) is 0.876. The highest BCUT2D eigenvalue weighted by molar-refractivity contribution is 5.78. The monoisotopic (exact) mass is 358 g/mol. The van der Waals surface area contributed by atoms with Crippen LogP contribution in [-0.2, 0) is 4.79 Å². The van der Waals surface area contributed by atoms with Crippen molar-refractivity contribution in [2.45, 2.75) is 59.4 Å². The Morgan fingerprint density at radius 3 is 2.50 bits per heavy atom. The number of carbonyl (C=O) groups is 1. The lowest BCUT2D eigenvalue weighted by Crippen LogP contribution is -2.36.